The summed E-state index contributed by atoms with van der Waals surface area (Å²) in [5, 5.41) is 0. The van der Waals surface area contributed by atoms with Crippen LogP contribution in [0, 0.1) is 3.57 Å². The summed E-state index contributed by atoms with van der Waals surface area (Å²) in [6.45, 7) is 2.14. The van der Waals surface area contributed by atoms with Gasteiger partial charge in [0.25, 0.3) is 0 Å². The van der Waals surface area contributed by atoms with Crippen molar-refractivity contribution in [2.45, 2.75) is 6.92 Å². The second kappa shape index (κ2) is 4.90. The summed E-state index contributed by atoms with van der Waals surface area (Å²) in [4.78, 5) is 15.3. The minimum absolute atomic E-state index is 0.347. The lowest BCUT2D eigenvalue weighted by Gasteiger charge is -2.03. The van der Waals surface area contributed by atoms with Crippen LogP contribution in [0.3, 0.4) is 0 Å². The zero-order valence-corrected chi connectivity index (χ0v) is 10.6. The van der Waals surface area contributed by atoms with Gasteiger partial charge in [-0.2, -0.15) is 0 Å². The summed E-state index contributed by atoms with van der Waals surface area (Å²) >= 11 is 5.28. The van der Waals surface area contributed by atoms with E-state index in [-0.39, 0.29) is 5.97 Å². The molecule has 0 saturated carbocycles. The molecule has 0 saturated heterocycles. The predicted molar refractivity (Wildman–Crippen MR) is 60.6 cm³/mol. The quantitative estimate of drug-likeness (QED) is 0.465. The molecule has 1 rings (SSSR count). The molecule has 0 aliphatic rings. The van der Waals surface area contributed by atoms with Crippen molar-refractivity contribution in [1.29, 1.82) is 0 Å². The normalized spacial score (nSPS) is 9.77. The minimum atomic E-state index is -0.347. The van der Waals surface area contributed by atoms with E-state index >= 15 is 0 Å². The van der Waals surface area contributed by atoms with E-state index in [2.05, 4.69) is 43.5 Å². The zero-order chi connectivity index (χ0) is 9.84. The molecular formula is C8H7BrINO2. The van der Waals surface area contributed by atoms with E-state index in [4.69, 9.17) is 4.74 Å². The van der Waals surface area contributed by atoms with Gasteiger partial charge in [0.2, 0.25) is 0 Å². The van der Waals surface area contributed by atoms with E-state index in [1.165, 1.54) is 0 Å². The molecule has 3 nitrogen and oxygen atoms in total. The molecule has 0 bridgehead atoms. The number of hydrogen-bond acceptors (Lipinski definition) is 3. The lowest BCUT2D eigenvalue weighted by atomic mass is 10.3. The molecule has 0 aliphatic heterocycles. The Morgan fingerprint density at radius 2 is 2.46 bits per heavy atom. The summed E-state index contributed by atoms with van der Waals surface area (Å²) in [6.07, 6.45) is 1.67. The standard InChI is InChI=1S/C8H7BrINO2/c1-2-13-8(12)6-3-5(10)4-11-7(6)9/h3-4H,2H2,1H3. The van der Waals surface area contributed by atoms with Crippen molar-refractivity contribution in [2.24, 2.45) is 0 Å². The third kappa shape index (κ3) is 2.91. The number of esters is 1. The highest BCUT2D eigenvalue weighted by Gasteiger charge is 2.11. The molecule has 0 atom stereocenters. The third-order valence-corrected chi connectivity index (χ3v) is 2.52. The van der Waals surface area contributed by atoms with E-state index in [9.17, 15) is 4.79 Å². The van der Waals surface area contributed by atoms with Crippen molar-refractivity contribution in [1.82, 2.24) is 4.98 Å². The maximum absolute atomic E-state index is 11.3. The van der Waals surface area contributed by atoms with Gasteiger partial charge in [-0.3, -0.25) is 0 Å². The van der Waals surface area contributed by atoms with Crippen LogP contribution in [-0.2, 0) is 4.74 Å². The largest absolute Gasteiger partial charge is 0.462 e. The first-order chi connectivity index (χ1) is 6.15. The van der Waals surface area contributed by atoms with E-state index in [0.29, 0.717) is 16.8 Å². The lowest BCUT2D eigenvalue weighted by molar-refractivity contribution is 0.0524. The van der Waals surface area contributed by atoms with Gasteiger partial charge >= 0.3 is 5.97 Å². The first kappa shape index (κ1) is 10.9. The van der Waals surface area contributed by atoms with E-state index in [1.807, 2.05) is 0 Å². The first-order valence-electron chi connectivity index (χ1n) is 3.63. The monoisotopic (exact) mass is 355 g/mol. The van der Waals surface area contributed by atoms with Gasteiger partial charge in [-0.05, 0) is 51.5 Å². The van der Waals surface area contributed by atoms with Gasteiger partial charge in [0.05, 0.1) is 12.2 Å². The molecule has 1 heterocycles. The topological polar surface area (TPSA) is 39.2 Å². The van der Waals surface area contributed by atoms with Crippen LogP contribution in [0.5, 0.6) is 0 Å². The Kier molecular flexibility index (Phi) is 4.11. The molecule has 0 fully saturated rings. The SMILES string of the molecule is CCOC(=O)c1cc(I)cnc1Br. The highest BCUT2D eigenvalue weighted by atomic mass is 127. The number of carbonyl (C=O) groups is 1. The van der Waals surface area contributed by atoms with Crippen LogP contribution in [0.25, 0.3) is 0 Å². The van der Waals surface area contributed by atoms with Crippen LogP contribution in [0.2, 0.25) is 0 Å². The molecule has 0 amide bonds. The van der Waals surface area contributed by atoms with Crippen LogP contribution >= 0.6 is 38.5 Å². The molecule has 0 radical (unpaired) electrons. The molecule has 5 heteroatoms. The van der Waals surface area contributed by atoms with Crippen LogP contribution < -0.4 is 0 Å². The number of nitrogens with zero attached hydrogens (tertiary/aromatic N) is 1. The Hall–Kier alpha value is -0.170. The summed E-state index contributed by atoms with van der Waals surface area (Å²) in [5.74, 6) is -0.347. The number of hydrogen-bond donors (Lipinski definition) is 0. The molecule has 0 aliphatic carbocycles. The summed E-state index contributed by atoms with van der Waals surface area (Å²) in [6, 6.07) is 1.73. The Morgan fingerprint density at radius 1 is 1.77 bits per heavy atom. The summed E-state index contributed by atoms with van der Waals surface area (Å²) in [7, 11) is 0. The van der Waals surface area contributed by atoms with Crippen molar-refractivity contribution >= 4 is 44.5 Å². The maximum atomic E-state index is 11.3. The number of carbonyl (C=O) groups excluding carboxylic acids is 1. The summed E-state index contributed by atoms with van der Waals surface area (Å²) in [5.41, 5.74) is 0.466. The van der Waals surface area contributed by atoms with Crippen molar-refractivity contribution in [3.8, 4) is 0 Å². The summed E-state index contributed by atoms with van der Waals surface area (Å²) < 4.78 is 6.28. The fraction of sp³-hybridized carbons (Fsp3) is 0.250. The van der Waals surface area contributed by atoms with Gasteiger partial charge in [-0.25, -0.2) is 9.78 Å². The van der Waals surface area contributed by atoms with Crippen LogP contribution in [0.1, 0.15) is 17.3 Å². The molecule has 1 aromatic rings. The Balaban J connectivity index is 2.99. The molecule has 0 spiro atoms. The number of rotatable bonds is 2. The maximum Gasteiger partial charge on any atom is 0.340 e. The smallest absolute Gasteiger partial charge is 0.340 e. The first-order valence-corrected chi connectivity index (χ1v) is 5.50. The van der Waals surface area contributed by atoms with E-state index < -0.39 is 0 Å². The van der Waals surface area contributed by atoms with Gasteiger partial charge in [-0.15, -0.1) is 0 Å². The fourth-order valence-electron chi connectivity index (χ4n) is 0.775. The molecule has 1 aromatic heterocycles. The molecule has 13 heavy (non-hydrogen) atoms. The van der Waals surface area contributed by atoms with Crippen LogP contribution in [0.4, 0.5) is 0 Å². The van der Waals surface area contributed by atoms with Gasteiger partial charge in [0.15, 0.2) is 0 Å². The highest BCUT2D eigenvalue weighted by Crippen LogP contribution is 2.17. The molecular weight excluding hydrogens is 349 g/mol. The van der Waals surface area contributed by atoms with E-state index in [0.717, 1.165) is 3.57 Å². The third-order valence-electron chi connectivity index (χ3n) is 1.30. The molecule has 0 unspecified atom stereocenters. The molecule has 0 aromatic carbocycles. The number of pyridine rings is 1. The Labute approximate surface area is 98.2 Å². The van der Waals surface area contributed by atoms with Gasteiger partial charge in [0.1, 0.15) is 4.60 Å². The number of aromatic nitrogens is 1. The zero-order valence-electron chi connectivity index (χ0n) is 6.88. The average molecular weight is 356 g/mol. The van der Waals surface area contributed by atoms with Gasteiger partial charge in [-0.1, -0.05) is 0 Å². The Morgan fingerprint density at radius 3 is 3.08 bits per heavy atom. The van der Waals surface area contributed by atoms with Gasteiger partial charge < -0.3 is 4.74 Å². The van der Waals surface area contributed by atoms with Crippen molar-refractivity contribution in [3.05, 3.63) is 26.0 Å². The van der Waals surface area contributed by atoms with Crippen LogP contribution in [0.15, 0.2) is 16.9 Å². The molecule has 70 valence electrons. The number of halogens is 2. The van der Waals surface area contributed by atoms with Crippen molar-refractivity contribution in [3.63, 3.8) is 0 Å². The predicted octanol–water partition coefficient (Wildman–Crippen LogP) is 2.63. The Bertz CT molecular complexity index is 330. The average Bonchev–Trinajstić information content (AvgIpc) is 2.09. The molecule has 0 N–H and O–H groups in total. The highest BCUT2D eigenvalue weighted by molar-refractivity contribution is 14.1. The van der Waals surface area contributed by atoms with Crippen molar-refractivity contribution in [2.75, 3.05) is 6.61 Å². The van der Waals surface area contributed by atoms with E-state index in [1.54, 1.807) is 19.2 Å². The lowest BCUT2D eigenvalue weighted by Crippen LogP contribution is -2.06. The minimum Gasteiger partial charge on any atom is -0.462 e. The second-order valence-electron chi connectivity index (χ2n) is 2.21. The van der Waals surface area contributed by atoms with Crippen LogP contribution in [-0.4, -0.2) is 17.6 Å². The van der Waals surface area contributed by atoms with Crippen molar-refractivity contribution < 1.29 is 9.53 Å². The fourth-order valence-corrected chi connectivity index (χ4v) is 1.60. The number of ether oxygens (including phenoxy) is 1. The van der Waals surface area contributed by atoms with Gasteiger partial charge in [0, 0.05) is 9.77 Å². The second-order valence-corrected chi connectivity index (χ2v) is 4.21.